The van der Waals surface area contributed by atoms with Crippen molar-refractivity contribution < 1.29 is 14.4 Å². The smallest absolute Gasteiger partial charge is 0.238 e. The maximum Gasteiger partial charge on any atom is 0.238 e. The molecule has 0 fully saturated rings. The summed E-state index contributed by atoms with van der Waals surface area (Å²) in [5.74, 6) is -0.817. The Kier molecular flexibility index (Phi) is 7.56. The van der Waals surface area contributed by atoms with Crippen molar-refractivity contribution in [1.82, 2.24) is 16.2 Å². The van der Waals surface area contributed by atoms with Crippen molar-refractivity contribution in [2.75, 3.05) is 0 Å². The minimum absolute atomic E-state index is 0.0348. The number of hydrazine groups is 1. The van der Waals surface area contributed by atoms with Gasteiger partial charge < -0.3 is 5.32 Å². The van der Waals surface area contributed by atoms with Crippen LogP contribution in [0.4, 0.5) is 0 Å². The molecule has 0 saturated carbocycles. The Labute approximate surface area is 124 Å². The molecule has 3 N–H and O–H groups in total. The highest BCUT2D eigenvalue weighted by atomic mass is 16.2. The third kappa shape index (κ3) is 7.71. The summed E-state index contributed by atoms with van der Waals surface area (Å²) in [4.78, 5) is 34.1. The van der Waals surface area contributed by atoms with Crippen LogP contribution in [0.15, 0.2) is 30.3 Å². The van der Waals surface area contributed by atoms with Crippen LogP contribution >= 0.6 is 0 Å². The second kappa shape index (κ2) is 9.52. The van der Waals surface area contributed by atoms with E-state index in [1.165, 1.54) is 0 Å². The summed E-state index contributed by atoms with van der Waals surface area (Å²) in [6, 6.07) is 9.52. The standard InChI is InChI=1S/C15H21N3O3/c1-2-6-14(20)17-18-15(21)10-9-13(19)16-11-12-7-4-3-5-8-12/h3-5,7-8H,2,6,9-11H2,1H3,(H,16,19)(H,17,20)(H,18,21). The van der Waals surface area contributed by atoms with Crippen molar-refractivity contribution in [1.29, 1.82) is 0 Å². The zero-order valence-electron chi connectivity index (χ0n) is 12.1. The largest absolute Gasteiger partial charge is 0.352 e. The van der Waals surface area contributed by atoms with Gasteiger partial charge in [0, 0.05) is 25.8 Å². The number of hydrogen-bond acceptors (Lipinski definition) is 3. The van der Waals surface area contributed by atoms with Gasteiger partial charge in [-0.2, -0.15) is 0 Å². The summed E-state index contributed by atoms with van der Waals surface area (Å²) in [7, 11) is 0. The van der Waals surface area contributed by atoms with Gasteiger partial charge in [0.05, 0.1) is 0 Å². The first kappa shape index (κ1) is 16.7. The lowest BCUT2D eigenvalue weighted by molar-refractivity contribution is -0.130. The van der Waals surface area contributed by atoms with Gasteiger partial charge in [-0.15, -0.1) is 0 Å². The molecule has 6 nitrogen and oxygen atoms in total. The maximum atomic E-state index is 11.6. The average molecular weight is 291 g/mol. The van der Waals surface area contributed by atoms with E-state index >= 15 is 0 Å². The van der Waals surface area contributed by atoms with Crippen LogP contribution in [-0.4, -0.2) is 17.7 Å². The van der Waals surface area contributed by atoms with Gasteiger partial charge in [-0.1, -0.05) is 37.3 Å². The molecule has 6 heteroatoms. The molecule has 0 heterocycles. The Bertz CT molecular complexity index is 474. The molecule has 0 atom stereocenters. The fourth-order valence-electron chi connectivity index (χ4n) is 1.60. The molecular weight excluding hydrogens is 270 g/mol. The predicted octanol–water partition coefficient (Wildman–Crippen LogP) is 1.03. The van der Waals surface area contributed by atoms with E-state index < -0.39 is 0 Å². The minimum Gasteiger partial charge on any atom is -0.352 e. The van der Waals surface area contributed by atoms with Gasteiger partial charge >= 0.3 is 0 Å². The van der Waals surface area contributed by atoms with Crippen molar-refractivity contribution in [3.8, 4) is 0 Å². The van der Waals surface area contributed by atoms with Crippen molar-refractivity contribution in [3.63, 3.8) is 0 Å². The molecule has 1 aromatic carbocycles. The van der Waals surface area contributed by atoms with Crippen molar-refractivity contribution in [2.24, 2.45) is 0 Å². The second-order valence-corrected chi connectivity index (χ2v) is 4.61. The fraction of sp³-hybridized carbons (Fsp3) is 0.400. The number of amides is 3. The van der Waals surface area contributed by atoms with Gasteiger partial charge in [0.1, 0.15) is 0 Å². The zero-order valence-corrected chi connectivity index (χ0v) is 12.1. The maximum absolute atomic E-state index is 11.6. The van der Waals surface area contributed by atoms with E-state index in [4.69, 9.17) is 0 Å². The number of nitrogens with one attached hydrogen (secondary N) is 3. The molecule has 0 aliphatic rings. The lowest BCUT2D eigenvalue weighted by Gasteiger charge is -2.07. The molecule has 21 heavy (non-hydrogen) atoms. The molecule has 0 aliphatic carbocycles. The highest BCUT2D eigenvalue weighted by Crippen LogP contribution is 1.98. The highest BCUT2D eigenvalue weighted by Gasteiger charge is 2.07. The lowest BCUT2D eigenvalue weighted by atomic mass is 10.2. The van der Waals surface area contributed by atoms with Gasteiger partial charge in [0.15, 0.2) is 0 Å². The molecule has 0 unspecified atom stereocenters. The molecule has 0 aromatic heterocycles. The quantitative estimate of drug-likeness (QED) is 0.656. The summed E-state index contributed by atoms with van der Waals surface area (Å²) in [6.45, 7) is 2.31. The average Bonchev–Trinajstić information content (AvgIpc) is 2.50. The lowest BCUT2D eigenvalue weighted by Crippen LogP contribution is -2.41. The summed E-state index contributed by atoms with van der Waals surface area (Å²) in [6.07, 6.45) is 1.19. The highest BCUT2D eigenvalue weighted by molar-refractivity contribution is 5.85. The van der Waals surface area contributed by atoms with Crippen molar-refractivity contribution >= 4 is 17.7 Å². The van der Waals surface area contributed by atoms with E-state index in [9.17, 15) is 14.4 Å². The summed E-state index contributed by atoms with van der Waals surface area (Å²) in [5.41, 5.74) is 5.57. The van der Waals surface area contributed by atoms with Crippen LogP contribution in [0.5, 0.6) is 0 Å². The van der Waals surface area contributed by atoms with Gasteiger partial charge in [-0.3, -0.25) is 25.2 Å². The molecule has 114 valence electrons. The second-order valence-electron chi connectivity index (χ2n) is 4.61. The number of benzene rings is 1. The fourth-order valence-corrected chi connectivity index (χ4v) is 1.60. The third-order valence-corrected chi connectivity index (χ3v) is 2.73. The first-order valence-electron chi connectivity index (χ1n) is 7.00. The summed E-state index contributed by atoms with van der Waals surface area (Å²) >= 11 is 0. The topological polar surface area (TPSA) is 87.3 Å². The van der Waals surface area contributed by atoms with Gasteiger partial charge in [-0.05, 0) is 12.0 Å². The summed E-state index contributed by atoms with van der Waals surface area (Å²) in [5, 5.41) is 2.73. The van der Waals surface area contributed by atoms with E-state index in [-0.39, 0.29) is 30.6 Å². The molecule has 1 aromatic rings. The SMILES string of the molecule is CCCC(=O)NNC(=O)CCC(=O)NCc1ccccc1. The third-order valence-electron chi connectivity index (χ3n) is 2.73. The van der Waals surface area contributed by atoms with Crippen LogP contribution in [0.2, 0.25) is 0 Å². The van der Waals surface area contributed by atoms with Crippen LogP contribution in [0.25, 0.3) is 0 Å². The van der Waals surface area contributed by atoms with Crippen LogP contribution in [0, 0.1) is 0 Å². The number of carbonyl (C=O) groups is 3. The normalized spacial score (nSPS) is 9.76. The molecule has 0 spiro atoms. The molecule has 0 aliphatic heterocycles. The van der Waals surface area contributed by atoms with E-state index in [0.717, 1.165) is 5.56 Å². The Hall–Kier alpha value is -2.37. The monoisotopic (exact) mass is 291 g/mol. The van der Waals surface area contributed by atoms with Crippen LogP contribution in [0.1, 0.15) is 38.2 Å². The van der Waals surface area contributed by atoms with Gasteiger partial charge in [0.2, 0.25) is 17.7 Å². The molecule has 0 bridgehead atoms. The summed E-state index contributed by atoms with van der Waals surface area (Å²) < 4.78 is 0. The van der Waals surface area contributed by atoms with Crippen molar-refractivity contribution in [2.45, 2.75) is 39.2 Å². The Balaban J connectivity index is 2.15. The first-order valence-corrected chi connectivity index (χ1v) is 7.00. The van der Waals surface area contributed by atoms with E-state index in [0.29, 0.717) is 19.4 Å². The number of hydrogen-bond donors (Lipinski definition) is 3. The van der Waals surface area contributed by atoms with E-state index in [1.807, 2.05) is 37.3 Å². The van der Waals surface area contributed by atoms with Crippen LogP contribution < -0.4 is 16.2 Å². The van der Waals surface area contributed by atoms with Gasteiger partial charge in [0.25, 0.3) is 0 Å². The molecular formula is C15H21N3O3. The zero-order chi connectivity index (χ0) is 15.5. The van der Waals surface area contributed by atoms with E-state index in [1.54, 1.807) is 0 Å². The molecule has 1 rings (SSSR count). The number of rotatable bonds is 7. The number of carbonyl (C=O) groups excluding carboxylic acids is 3. The van der Waals surface area contributed by atoms with Crippen molar-refractivity contribution in [3.05, 3.63) is 35.9 Å². The Morgan fingerprint density at radius 2 is 1.43 bits per heavy atom. The van der Waals surface area contributed by atoms with Gasteiger partial charge in [-0.25, -0.2) is 0 Å². The Morgan fingerprint density at radius 1 is 0.857 bits per heavy atom. The Morgan fingerprint density at radius 3 is 2.05 bits per heavy atom. The van der Waals surface area contributed by atoms with E-state index in [2.05, 4.69) is 16.2 Å². The molecule has 0 radical (unpaired) electrons. The predicted molar refractivity (Wildman–Crippen MR) is 78.7 cm³/mol. The molecule has 3 amide bonds. The van der Waals surface area contributed by atoms with Crippen LogP contribution in [0.3, 0.4) is 0 Å². The first-order chi connectivity index (χ1) is 10.1. The minimum atomic E-state index is -0.380. The molecule has 0 saturated heterocycles. The van der Waals surface area contributed by atoms with Crippen LogP contribution in [-0.2, 0) is 20.9 Å².